The zero-order valence-corrected chi connectivity index (χ0v) is 13.2. The molecule has 0 amide bonds. The van der Waals surface area contributed by atoms with Crippen molar-refractivity contribution in [2.45, 2.75) is 34.1 Å². The van der Waals surface area contributed by atoms with E-state index in [1.807, 2.05) is 0 Å². The Morgan fingerprint density at radius 1 is 1.06 bits per heavy atom. The summed E-state index contributed by atoms with van der Waals surface area (Å²) in [7, 11) is -0.104. The van der Waals surface area contributed by atoms with Crippen LogP contribution in [0, 0.1) is 11.8 Å². The normalized spacial score (nSPS) is 19.4. The summed E-state index contributed by atoms with van der Waals surface area (Å²) in [6, 6.07) is 0. The second-order valence-corrected chi connectivity index (χ2v) is 7.88. The number of hydrogen-bond acceptors (Lipinski definition) is 2. The van der Waals surface area contributed by atoms with Crippen LogP contribution in [0.1, 0.15) is 34.1 Å². The third-order valence-electron chi connectivity index (χ3n) is 3.57. The first kappa shape index (κ1) is 15.7. The van der Waals surface area contributed by atoms with Crippen molar-refractivity contribution in [2.75, 3.05) is 27.2 Å². The topological polar surface area (TPSA) is 40.6 Å². The van der Waals surface area contributed by atoms with Gasteiger partial charge in [0.1, 0.15) is 0 Å². The molecule has 0 saturated carbocycles. The van der Waals surface area contributed by atoms with Crippen LogP contribution in [0.4, 0.5) is 0 Å². The lowest BCUT2D eigenvalue weighted by Gasteiger charge is -2.34. The highest BCUT2D eigenvalue weighted by molar-refractivity contribution is 7.86. The van der Waals surface area contributed by atoms with Gasteiger partial charge in [-0.3, -0.25) is 0 Å². The molecule has 0 aromatic heterocycles. The molecule has 0 aromatic rings. The van der Waals surface area contributed by atoms with Crippen molar-refractivity contribution < 1.29 is 8.42 Å². The fourth-order valence-electron chi connectivity index (χ4n) is 2.42. The molecule has 0 unspecified atom stereocenters. The molecule has 106 valence electrons. The Kier molecular flexibility index (Phi) is 4.98. The Labute approximate surface area is 112 Å². The fraction of sp³-hybridized carbons (Fsp3) is 0.846. The summed E-state index contributed by atoms with van der Waals surface area (Å²) in [5.74, 6) is 0.911. The molecule has 0 fully saturated rings. The van der Waals surface area contributed by atoms with Gasteiger partial charge in [0.25, 0.3) is 10.2 Å². The van der Waals surface area contributed by atoms with Gasteiger partial charge in [0, 0.05) is 27.2 Å². The standard InChI is InChI=1S/C13H26N2O2S/c1-10(2)12-7-8-15(9-13(12)11(3)4)18(16,17)14(5)6/h10-11H,7-9H2,1-6H3. The highest BCUT2D eigenvalue weighted by Crippen LogP contribution is 2.30. The summed E-state index contributed by atoms with van der Waals surface area (Å²) >= 11 is 0. The van der Waals surface area contributed by atoms with Crippen molar-refractivity contribution in [1.82, 2.24) is 8.61 Å². The van der Waals surface area contributed by atoms with Crippen LogP contribution in [0.2, 0.25) is 0 Å². The number of hydrogen-bond donors (Lipinski definition) is 0. The van der Waals surface area contributed by atoms with Crippen molar-refractivity contribution in [3.63, 3.8) is 0 Å². The average molecular weight is 274 g/mol. The van der Waals surface area contributed by atoms with Crippen LogP contribution in [-0.4, -0.2) is 44.2 Å². The molecule has 18 heavy (non-hydrogen) atoms. The molecule has 0 aromatic carbocycles. The zero-order valence-electron chi connectivity index (χ0n) is 12.4. The molecule has 0 radical (unpaired) electrons. The van der Waals surface area contributed by atoms with Crippen molar-refractivity contribution in [3.8, 4) is 0 Å². The molecule has 5 heteroatoms. The van der Waals surface area contributed by atoms with Crippen LogP contribution in [0.25, 0.3) is 0 Å². The Balaban J connectivity index is 3.05. The second-order valence-electron chi connectivity index (χ2n) is 5.73. The summed E-state index contributed by atoms with van der Waals surface area (Å²) < 4.78 is 27.2. The van der Waals surface area contributed by atoms with Gasteiger partial charge in [-0.1, -0.05) is 38.8 Å². The van der Waals surface area contributed by atoms with Crippen molar-refractivity contribution in [1.29, 1.82) is 0 Å². The fourth-order valence-corrected chi connectivity index (χ4v) is 3.50. The molecular formula is C13H26N2O2S. The van der Waals surface area contributed by atoms with E-state index in [9.17, 15) is 8.42 Å². The second kappa shape index (κ2) is 5.72. The van der Waals surface area contributed by atoms with Crippen LogP contribution in [0.15, 0.2) is 11.1 Å². The molecule has 0 N–H and O–H groups in total. The Hall–Kier alpha value is -0.390. The molecule has 0 spiro atoms. The predicted octanol–water partition coefficient (Wildman–Crippen LogP) is 2.11. The minimum atomic E-state index is -3.28. The smallest absolute Gasteiger partial charge is 0.195 e. The van der Waals surface area contributed by atoms with Crippen LogP contribution in [0.5, 0.6) is 0 Å². The first-order valence-electron chi connectivity index (χ1n) is 6.57. The van der Waals surface area contributed by atoms with Gasteiger partial charge in [-0.05, 0) is 18.3 Å². The van der Waals surface area contributed by atoms with Crippen LogP contribution < -0.4 is 0 Å². The molecule has 1 aliphatic heterocycles. The number of rotatable bonds is 4. The maximum Gasteiger partial charge on any atom is 0.281 e. The average Bonchev–Trinajstić information content (AvgIpc) is 2.27. The Morgan fingerprint density at radius 3 is 1.94 bits per heavy atom. The third kappa shape index (κ3) is 3.13. The summed E-state index contributed by atoms with van der Waals surface area (Å²) in [5.41, 5.74) is 2.73. The van der Waals surface area contributed by atoms with Crippen molar-refractivity contribution >= 4 is 10.2 Å². The summed E-state index contributed by atoms with van der Waals surface area (Å²) in [4.78, 5) is 0. The van der Waals surface area contributed by atoms with Crippen molar-refractivity contribution in [3.05, 3.63) is 11.1 Å². The van der Waals surface area contributed by atoms with Gasteiger partial charge in [-0.25, -0.2) is 0 Å². The molecule has 0 atom stereocenters. The minimum absolute atomic E-state index is 0.405. The monoisotopic (exact) mass is 274 g/mol. The maximum atomic E-state index is 12.2. The van der Waals surface area contributed by atoms with Gasteiger partial charge in [-0.2, -0.15) is 17.0 Å². The zero-order chi connectivity index (χ0) is 14.1. The van der Waals surface area contributed by atoms with Gasteiger partial charge in [0.2, 0.25) is 0 Å². The van der Waals surface area contributed by atoms with Crippen molar-refractivity contribution in [2.24, 2.45) is 11.8 Å². The van der Waals surface area contributed by atoms with E-state index in [0.717, 1.165) is 6.42 Å². The molecular weight excluding hydrogens is 248 g/mol. The number of nitrogens with zero attached hydrogens (tertiary/aromatic N) is 2. The lowest BCUT2D eigenvalue weighted by Crippen LogP contribution is -2.44. The maximum absolute atomic E-state index is 12.2. The first-order chi connectivity index (χ1) is 8.17. The summed E-state index contributed by atoms with van der Waals surface area (Å²) in [6.45, 7) is 9.81. The SMILES string of the molecule is CC(C)C1=C(C(C)C)CN(S(=O)(=O)N(C)C)CC1. The van der Waals surface area contributed by atoms with E-state index in [4.69, 9.17) is 0 Å². The van der Waals surface area contributed by atoms with Crippen LogP contribution >= 0.6 is 0 Å². The van der Waals surface area contributed by atoms with E-state index in [-0.39, 0.29) is 0 Å². The molecule has 0 bridgehead atoms. The van der Waals surface area contributed by atoms with Gasteiger partial charge in [-0.15, -0.1) is 0 Å². The molecule has 1 heterocycles. The molecule has 0 aliphatic carbocycles. The van der Waals surface area contributed by atoms with E-state index >= 15 is 0 Å². The van der Waals surface area contributed by atoms with E-state index in [1.165, 1.54) is 15.5 Å². The molecule has 0 saturated heterocycles. The highest BCUT2D eigenvalue weighted by Gasteiger charge is 2.31. The predicted molar refractivity (Wildman–Crippen MR) is 75.5 cm³/mol. The molecule has 1 aliphatic rings. The minimum Gasteiger partial charge on any atom is -0.195 e. The molecule has 1 rings (SSSR count). The van der Waals surface area contributed by atoms with E-state index < -0.39 is 10.2 Å². The largest absolute Gasteiger partial charge is 0.281 e. The van der Waals surface area contributed by atoms with Crippen LogP contribution in [0.3, 0.4) is 0 Å². The van der Waals surface area contributed by atoms with E-state index in [2.05, 4.69) is 27.7 Å². The Bertz CT molecular complexity index is 422. The quantitative estimate of drug-likeness (QED) is 0.737. The van der Waals surface area contributed by atoms with Crippen LogP contribution in [-0.2, 0) is 10.2 Å². The highest BCUT2D eigenvalue weighted by atomic mass is 32.2. The van der Waals surface area contributed by atoms with Gasteiger partial charge in [0.15, 0.2) is 0 Å². The van der Waals surface area contributed by atoms with Gasteiger partial charge < -0.3 is 0 Å². The third-order valence-corrected chi connectivity index (χ3v) is 5.46. The van der Waals surface area contributed by atoms with Gasteiger partial charge >= 0.3 is 0 Å². The first-order valence-corrected chi connectivity index (χ1v) is 7.97. The molecule has 4 nitrogen and oxygen atoms in total. The lowest BCUT2D eigenvalue weighted by atomic mass is 9.86. The van der Waals surface area contributed by atoms with E-state index in [1.54, 1.807) is 18.4 Å². The lowest BCUT2D eigenvalue weighted by molar-refractivity contribution is 0.364. The van der Waals surface area contributed by atoms with Gasteiger partial charge in [0.05, 0.1) is 0 Å². The summed E-state index contributed by atoms with van der Waals surface area (Å²) in [6.07, 6.45) is 0.859. The summed E-state index contributed by atoms with van der Waals surface area (Å²) in [5, 5.41) is 0. The van der Waals surface area contributed by atoms with E-state index in [0.29, 0.717) is 24.9 Å². The Morgan fingerprint density at radius 2 is 1.56 bits per heavy atom.